The fraction of sp³-hybridized carbons (Fsp3) is 0.462. The van der Waals surface area contributed by atoms with Gasteiger partial charge in [-0.1, -0.05) is 51.7 Å². The number of carbonyl (C=O) groups is 3. The van der Waals surface area contributed by atoms with Crippen LogP contribution in [-0.2, 0) is 9.53 Å². The number of hydrogen-bond donors (Lipinski definition) is 3. The molecule has 0 bridgehead atoms. The lowest BCUT2D eigenvalue weighted by Crippen LogP contribution is -2.51. The van der Waals surface area contributed by atoms with Gasteiger partial charge in [-0.15, -0.1) is 0 Å². The number of carbonyl (C=O) groups excluding carboxylic acids is 3. The number of aromatic nitrogens is 4. The van der Waals surface area contributed by atoms with Crippen LogP contribution in [0.1, 0.15) is 88.2 Å². The number of urea groups is 1. The van der Waals surface area contributed by atoms with Crippen molar-refractivity contribution in [1.82, 2.24) is 40.0 Å². The van der Waals surface area contributed by atoms with E-state index < -0.39 is 12.1 Å². The largest absolute Gasteiger partial charge is 0.453 e. The Labute approximate surface area is 338 Å². The van der Waals surface area contributed by atoms with Gasteiger partial charge in [-0.05, 0) is 73.4 Å². The number of nitrogens with one attached hydrogen (secondary N) is 3. The molecule has 4 aromatic rings. The molecule has 3 N–H and O–H groups in total. The highest BCUT2D eigenvalue weighted by atomic mass is 32.1. The maximum atomic E-state index is 13.5. The molecule has 2 fully saturated rings. The van der Waals surface area contributed by atoms with Crippen LogP contribution in [0.4, 0.5) is 9.59 Å². The van der Waals surface area contributed by atoms with Crippen molar-refractivity contribution < 1.29 is 19.1 Å². The monoisotopic (exact) mass is 794 g/mol. The highest BCUT2D eigenvalue weighted by molar-refractivity contribution is 7.59. The highest BCUT2D eigenvalue weighted by Crippen LogP contribution is 2.34. The summed E-state index contributed by atoms with van der Waals surface area (Å²) in [6, 6.07) is 13.0. The van der Waals surface area contributed by atoms with Crippen molar-refractivity contribution in [1.29, 1.82) is 0 Å². The second-order valence-corrected chi connectivity index (χ2v) is 14.3. The number of methoxy groups -OCH3 is 1. The Morgan fingerprint density at radius 3 is 2.19 bits per heavy atom. The van der Waals surface area contributed by atoms with Gasteiger partial charge in [0.2, 0.25) is 5.91 Å². The van der Waals surface area contributed by atoms with Gasteiger partial charge in [0.25, 0.3) is 0 Å². The van der Waals surface area contributed by atoms with E-state index in [-0.39, 0.29) is 70.4 Å². The predicted molar refractivity (Wildman–Crippen MR) is 227 cm³/mol. The minimum Gasteiger partial charge on any atom is -0.453 e. The van der Waals surface area contributed by atoms with Crippen LogP contribution >= 0.6 is 40.5 Å². The number of rotatable bonds is 8. The first-order valence-corrected chi connectivity index (χ1v) is 17.9. The third-order valence-electron chi connectivity index (χ3n) is 9.67. The van der Waals surface area contributed by atoms with Gasteiger partial charge < -0.3 is 34.7 Å². The van der Waals surface area contributed by atoms with Crippen molar-refractivity contribution in [3.8, 4) is 23.1 Å². The first kappa shape index (κ1) is 44.1. The third-order valence-corrected chi connectivity index (χ3v) is 9.67. The molecule has 4 heterocycles. The molecule has 0 aliphatic carbocycles. The van der Waals surface area contributed by atoms with Gasteiger partial charge in [0.1, 0.15) is 17.7 Å². The van der Waals surface area contributed by atoms with Crippen LogP contribution in [0, 0.1) is 23.7 Å². The molecule has 3 atom stereocenters. The summed E-state index contributed by atoms with van der Waals surface area (Å²) in [6.45, 7) is 10.1. The van der Waals surface area contributed by atoms with Gasteiger partial charge in [-0.3, -0.25) is 4.79 Å². The molecular weight excluding hydrogens is 741 g/mol. The fourth-order valence-electron chi connectivity index (χ4n) is 7.11. The summed E-state index contributed by atoms with van der Waals surface area (Å²) < 4.78 is 4.75. The van der Waals surface area contributed by atoms with Crippen LogP contribution in [0.2, 0.25) is 0 Å². The van der Waals surface area contributed by atoms with Crippen LogP contribution in [-0.4, -0.2) is 92.5 Å². The molecule has 12 nitrogen and oxygen atoms in total. The molecule has 0 unspecified atom stereocenters. The summed E-state index contributed by atoms with van der Waals surface area (Å²) in [7, 11) is 3.16. The van der Waals surface area contributed by atoms with Crippen molar-refractivity contribution in [3.05, 3.63) is 71.4 Å². The molecule has 2 aliphatic heterocycles. The van der Waals surface area contributed by atoms with E-state index in [0.29, 0.717) is 12.5 Å². The highest BCUT2D eigenvalue weighted by Gasteiger charge is 2.38. The number of benzene rings is 2. The smallest absolute Gasteiger partial charge is 0.407 e. The van der Waals surface area contributed by atoms with E-state index in [1.54, 1.807) is 0 Å². The molecule has 2 aliphatic rings. The first-order valence-electron chi connectivity index (χ1n) is 17.9. The lowest BCUT2D eigenvalue weighted by Gasteiger charge is -2.29. The molecule has 54 heavy (non-hydrogen) atoms. The average Bonchev–Trinajstić information content (AvgIpc) is 3.94. The molecule has 292 valence electrons. The maximum Gasteiger partial charge on any atom is 0.407 e. The van der Waals surface area contributed by atoms with Crippen LogP contribution in [0.25, 0.3) is 22.3 Å². The molecule has 0 spiro atoms. The Morgan fingerprint density at radius 1 is 0.907 bits per heavy atom. The van der Waals surface area contributed by atoms with Crippen molar-refractivity contribution in [2.45, 2.75) is 71.5 Å². The zero-order valence-corrected chi connectivity index (χ0v) is 34.8. The lowest BCUT2D eigenvalue weighted by molar-refractivity contribution is -0.135. The van der Waals surface area contributed by atoms with E-state index in [9.17, 15) is 14.4 Å². The standard InChI is InChI=1S/C39H48N8O4.3H2S/c1-24(2)23-45(5)39(50)47-20-8-9-32(47)35-40-22-31(43-35)28-16-13-26(14-17-28)11-12-27-15-18-29-30(21-27)42-36(41-29)33-10-7-19-46(33)37(48)34(25(3)4)44-38(49)51-6;;;/h13-18,21-22,24-25,32-34H,7-10,19-20,23H2,1-6H3,(H,40,43)(H,41,42)(H,44,49);3*1H2/t32-,33-,34-;;;/m0.../s1. The van der Waals surface area contributed by atoms with Crippen molar-refractivity contribution >= 4 is 69.6 Å². The van der Waals surface area contributed by atoms with Gasteiger partial charge in [0.05, 0.1) is 42.1 Å². The lowest BCUT2D eigenvalue weighted by atomic mass is 10.0. The van der Waals surface area contributed by atoms with E-state index in [2.05, 4.69) is 46.0 Å². The number of likely N-dealkylation sites (tertiary alicyclic amines) is 2. The topological polar surface area (TPSA) is 140 Å². The first-order chi connectivity index (χ1) is 24.5. The minimum atomic E-state index is -0.683. The van der Waals surface area contributed by atoms with E-state index in [4.69, 9.17) is 9.72 Å². The Balaban J connectivity index is 0.00000261. The number of amides is 4. The SMILES string of the molecule is COC(=O)N[C@H](C(=O)N1CCC[C@H]1c1nc2ccc(C#Cc3ccc(-c4cnc([C@@H]5CCCN5C(=O)N(C)CC(C)C)[nH]4)cc3)cc2[nH]1)C(C)C.S.S.S. The molecule has 6 rings (SSSR count). The quantitative estimate of drug-likeness (QED) is 0.172. The Kier molecular flexibility index (Phi) is 15.8. The second-order valence-electron chi connectivity index (χ2n) is 14.3. The fourth-order valence-corrected chi connectivity index (χ4v) is 7.11. The third kappa shape index (κ3) is 9.88. The van der Waals surface area contributed by atoms with Gasteiger partial charge in [0, 0.05) is 37.8 Å². The van der Waals surface area contributed by atoms with Gasteiger partial charge in [0.15, 0.2) is 0 Å². The summed E-state index contributed by atoms with van der Waals surface area (Å²) in [5.41, 5.74) is 5.28. The van der Waals surface area contributed by atoms with Gasteiger partial charge >= 0.3 is 12.1 Å². The van der Waals surface area contributed by atoms with Gasteiger partial charge in [-0.25, -0.2) is 19.6 Å². The van der Waals surface area contributed by atoms with Crippen LogP contribution in [0.3, 0.4) is 0 Å². The number of H-pyrrole nitrogens is 2. The molecule has 0 saturated carbocycles. The molecule has 2 aromatic heterocycles. The maximum absolute atomic E-state index is 13.5. The Bertz CT molecular complexity index is 1950. The molecule has 0 radical (unpaired) electrons. The van der Waals surface area contributed by atoms with E-state index >= 15 is 0 Å². The van der Waals surface area contributed by atoms with E-state index in [1.165, 1.54) is 7.11 Å². The van der Waals surface area contributed by atoms with Crippen molar-refractivity contribution in [3.63, 3.8) is 0 Å². The predicted octanol–water partition coefficient (Wildman–Crippen LogP) is 6.58. The van der Waals surface area contributed by atoms with Gasteiger partial charge in [-0.2, -0.15) is 40.5 Å². The zero-order valence-electron chi connectivity index (χ0n) is 31.8. The number of nitrogens with zero attached hydrogens (tertiary/aromatic N) is 5. The molecule has 15 heteroatoms. The summed E-state index contributed by atoms with van der Waals surface area (Å²) in [4.78, 5) is 60.5. The van der Waals surface area contributed by atoms with Crippen LogP contribution in [0.5, 0.6) is 0 Å². The molecule has 2 aromatic carbocycles. The summed E-state index contributed by atoms with van der Waals surface area (Å²) in [5.74, 6) is 8.25. The normalized spacial score (nSPS) is 16.9. The van der Waals surface area contributed by atoms with Crippen LogP contribution < -0.4 is 5.32 Å². The molecular formula is C39H54N8O4S3. The number of alkyl carbamates (subject to hydrolysis) is 1. The molecule has 2 saturated heterocycles. The Hall–Kier alpha value is -4.26. The minimum absolute atomic E-state index is 0. The summed E-state index contributed by atoms with van der Waals surface area (Å²) >= 11 is 0. The van der Waals surface area contributed by atoms with E-state index in [0.717, 1.165) is 83.8 Å². The number of hydrogen-bond acceptors (Lipinski definition) is 6. The number of fused-ring (bicyclic) bond motifs is 1. The van der Waals surface area contributed by atoms with Crippen molar-refractivity contribution in [2.24, 2.45) is 11.8 Å². The Morgan fingerprint density at radius 2 is 1.54 bits per heavy atom. The molecule has 4 amide bonds. The number of aromatic amines is 2. The van der Waals surface area contributed by atoms with Crippen LogP contribution in [0.15, 0.2) is 48.7 Å². The summed E-state index contributed by atoms with van der Waals surface area (Å²) in [5, 5.41) is 2.70. The summed E-state index contributed by atoms with van der Waals surface area (Å²) in [6.07, 6.45) is 4.70. The average molecular weight is 795 g/mol. The number of ether oxygens (including phenoxy) is 1. The van der Waals surface area contributed by atoms with E-state index in [1.807, 2.05) is 84.3 Å². The number of imidazole rings is 2. The second kappa shape index (κ2) is 19.4. The van der Waals surface area contributed by atoms with Crippen molar-refractivity contribution in [2.75, 3.05) is 33.8 Å². The zero-order chi connectivity index (χ0) is 36.2.